The number of benzene rings is 1. The minimum atomic E-state index is -0.286. The summed E-state index contributed by atoms with van der Waals surface area (Å²) in [6.07, 6.45) is 0. The average molecular weight is 372 g/mol. The monoisotopic (exact) mass is 372 g/mol. The van der Waals surface area contributed by atoms with E-state index in [0.29, 0.717) is 22.2 Å². The van der Waals surface area contributed by atoms with Gasteiger partial charge in [0.1, 0.15) is 23.1 Å². The molecule has 0 bridgehead atoms. The second kappa shape index (κ2) is 7.65. The van der Waals surface area contributed by atoms with Gasteiger partial charge in [-0.3, -0.25) is 10.1 Å². The number of rotatable bonds is 6. The van der Waals surface area contributed by atoms with Gasteiger partial charge in [-0.25, -0.2) is 0 Å². The molecule has 0 saturated heterocycles. The lowest BCUT2D eigenvalue weighted by Gasteiger charge is -2.10. The predicted octanol–water partition coefficient (Wildman–Crippen LogP) is 4.10. The molecule has 1 amide bonds. The van der Waals surface area contributed by atoms with E-state index >= 15 is 0 Å². The Balaban J connectivity index is 1.74. The van der Waals surface area contributed by atoms with Crippen LogP contribution in [0.5, 0.6) is 5.75 Å². The first kappa shape index (κ1) is 18.1. The summed E-state index contributed by atoms with van der Waals surface area (Å²) in [5.74, 6) is 1.17. The highest BCUT2D eigenvalue weighted by molar-refractivity contribution is 7.15. The lowest BCUT2D eigenvalue weighted by atomic mass is 10.2. The van der Waals surface area contributed by atoms with Crippen LogP contribution in [0.2, 0.25) is 0 Å². The van der Waals surface area contributed by atoms with Crippen molar-refractivity contribution in [2.45, 2.75) is 40.2 Å². The number of ether oxygens (including phenoxy) is 1. The molecular formula is C18H20N4O3S. The van der Waals surface area contributed by atoms with Crippen molar-refractivity contribution in [1.82, 2.24) is 15.4 Å². The minimum Gasteiger partial charge on any atom is -0.488 e. The number of carbonyl (C=O) groups is 1. The second-order valence-electron chi connectivity index (χ2n) is 6.14. The van der Waals surface area contributed by atoms with E-state index in [2.05, 4.69) is 20.7 Å². The maximum atomic E-state index is 12.6. The van der Waals surface area contributed by atoms with Gasteiger partial charge in [0.05, 0.1) is 16.8 Å². The zero-order valence-electron chi connectivity index (χ0n) is 15.1. The molecule has 1 N–H and O–H groups in total. The molecule has 26 heavy (non-hydrogen) atoms. The van der Waals surface area contributed by atoms with E-state index in [1.54, 1.807) is 18.2 Å². The van der Waals surface area contributed by atoms with Crippen LogP contribution in [0.4, 0.5) is 5.13 Å². The lowest BCUT2D eigenvalue weighted by molar-refractivity contribution is 0.102. The first-order chi connectivity index (χ1) is 12.5. The van der Waals surface area contributed by atoms with Crippen molar-refractivity contribution < 1.29 is 14.1 Å². The number of anilines is 1. The van der Waals surface area contributed by atoms with Gasteiger partial charge in [-0.15, -0.1) is 10.2 Å². The van der Waals surface area contributed by atoms with Crippen LogP contribution in [-0.4, -0.2) is 21.3 Å². The number of hydrogen-bond acceptors (Lipinski definition) is 7. The molecule has 0 saturated carbocycles. The SMILES string of the molecule is Cc1noc(C)c1COc1ccccc1C(=O)Nc1nnc(C(C)C)s1. The van der Waals surface area contributed by atoms with Crippen LogP contribution >= 0.6 is 11.3 Å². The van der Waals surface area contributed by atoms with Crippen LogP contribution in [-0.2, 0) is 6.61 Å². The maximum Gasteiger partial charge on any atom is 0.261 e. The van der Waals surface area contributed by atoms with Gasteiger partial charge < -0.3 is 9.26 Å². The zero-order valence-corrected chi connectivity index (χ0v) is 15.9. The maximum absolute atomic E-state index is 12.6. The Morgan fingerprint density at radius 3 is 2.69 bits per heavy atom. The van der Waals surface area contributed by atoms with Gasteiger partial charge in [-0.2, -0.15) is 0 Å². The van der Waals surface area contributed by atoms with Crippen molar-refractivity contribution in [1.29, 1.82) is 0 Å². The molecule has 0 spiro atoms. The van der Waals surface area contributed by atoms with Crippen molar-refractivity contribution >= 4 is 22.4 Å². The Labute approximate surface area is 155 Å². The molecule has 7 nitrogen and oxygen atoms in total. The number of aryl methyl sites for hydroxylation is 2. The molecule has 3 rings (SSSR count). The van der Waals surface area contributed by atoms with Crippen molar-refractivity contribution in [2.75, 3.05) is 5.32 Å². The van der Waals surface area contributed by atoms with Gasteiger partial charge in [0, 0.05) is 5.92 Å². The Hall–Kier alpha value is -2.74. The fraction of sp³-hybridized carbons (Fsp3) is 0.333. The predicted molar refractivity (Wildman–Crippen MR) is 98.7 cm³/mol. The first-order valence-corrected chi connectivity index (χ1v) is 9.05. The molecule has 8 heteroatoms. The third-order valence-electron chi connectivity index (χ3n) is 3.84. The summed E-state index contributed by atoms with van der Waals surface area (Å²) in [5.41, 5.74) is 2.09. The number of aromatic nitrogens is 3. The number of hydrogen-bond donors (Lipinski definition) is 1. The molecule has 2 heterocycles. The molecule has 0 fully saturated rings. The van der Waals surface area contributed by atoms with E-state index in [4.69, 9.17) is 9.26 Å². The Kier molecular flexibility index (Phi) is 5.32. The van der Waals surface area contributed by atoms with Gasteiger partial charge in [0.25, 0.3) is 5.91 Å². The number of carbonyl (C=O) groups excluding carboxylic acids is 1. The summed E-state index contributed by atoms with van der Waals surface area (Å²) in [6, 6.07) is 7.08. The van der Waals surface area contributed by atoms with Gasteiger partial charge in [-0.1, -0.05) is 42.5 Å². The highest BCUT2D eigenvalue weighted by Gasteiger charge is 2.17. The smallest absolute Gasteiger partial charge is 0.261 e. The van der Waals surface area contributed by atoms with Crippen LogP contribution in [0.3, 0.4) is 0 Å². The number of para-hydroxylation sites is 1. The lowest BCUT2D eigenvalue weighted by Crippen LogP contribution is -2.13. The number of amides is 1. The number of nitrogens with zero attached hydrogens (tertiary/aromatic N) is 3. The molecule has 1 aromatic carbocycles. The third-order valence-corrected chi connectivity index (χ3v) is 4.98. The largest absolute Gasteiger partial charge is 0.488 e. The molecule has 136 valence electrons. The third kappa shape index (κ3) is 3.91. The van der Waals surface area contributed by atoms with E-state index in [9.17, 15) is 4.79 Å². The Bertz CT molecular complexity index is 897. The Morgan fingerprint density at radius 2 is 2.04 bits per heavy atom. The summed E-state index contributed by atoms with van der Waals surface area (Å²) in [5, 5.41) is 16.1. The van der Waals surface area contributed by atoms with Crippen molar-refractivity contribution in [3.05, 3.63) is 51.9 Å². The molecule has 2 aromatic heterocycles. The van der Waals surface area contributed by atoms with Crippen molar-refractivity contribution in [3.63, 3.8) is 0 Å². The first-order valence-electron chi connectivity index (χ1n) is 8.24. The summed E-state index contributed by atoms with van der Waals surface area (Å²) in [7, 11) is 0. The normalized spacial score (nSPS) is 11.0. The molecule has 0 atom stereocenters. The zero-order chi connectivity index (χ0) is 18.7. The van der Waals surface area contributed by atoms with Crippen LogP contribution in [0.25, 0.3) is 0 Å². The van der Waals surface area contributed by atoms with E-state index in [0.717, 1.165) is 16.3 Å². The molecule has 3 aromatic rings. The molecular weight excluding hydrogens is 352 g/mol. The van der Waals surface area contributed by atoms with E-state index in [1.165, 1.54) is 11.3 Å². The molecule has 0 aliphatic carbocycles. The van der Waals surface area contributed by atoms with E-state index < -0.39 is 0 Å². The van der Waals surface area contributed by atoms with Crippen molar-refractivity contribution in [2.24, 2.45) is 0 Å². The summed E-state index contributed by atoms with van der Waals surface area (Å²) in [4.78, 5) is 12.6. The van der Waals surface area contributed by atoms with Gasteiger partial charge in [0.15, 0.2) is 0 Å². The quantitative estimate of drug-likeness (QED) is 0.701. The fourth-order valence-corrected chi connectivity index (χ4v) is 3.06. The molecule has 0 aliphatic rings. The van der Waals surface area contributed by atoms with Crippen LogP contribution in [0.1, 0.15) is 52.1 Å². The van der Waals surface area contributed by atoms with Crippen LogP contribution in [0.15, 0.2) is 28.8 Å². The highest BCUT2D eigenvalue weighted by Crippen LogP contribution is 2.25. The standard InChI is InChI=1S/C18H20N4O3S/c1-10(2)17-20-21-18(26-17)19-16(23)13-7-5-6-8-15(13)24-9-14-11(3)22-25-12(14)4/h5-8,10H,9H2,1-4H3,(H,19,21,23). The summed E-state index contributed by atoms with van der Waals surface area (Å²) >= 11 is 1.37. The Morgan fingerprint density at radius 1 is 1.27 bits per heavy atom. The van der Waals surface area contributed by atoms with E-state index in [-0.39, 0.29) is 18.4 Å². The second-order valence-corrected chi connectivity index (χ2v) is 7.15. The van der Waals surface area contributed by atoms with Gasteiger partial charge in [0.2, 0.25) is 5.13 Å². The molecule has 0 unspecified atom stereocenters. The fourth-order valence-electron chi connectivity index (χ4n) is 2.32. The minimum absolute atomic E-state index is 0.267. The van der Waals surface area contributed by atoms with Crippen LogP contribution in [0, 0.1) is 13.8 Å². The van der Waals surface area contributed by atoms with E-state index in [1.807, 2.05) is 33.8 Å². The van der Waals surface area contributed by atoms with Crippen molar-refractivity contribution in [3.8, 4) is 5.75 Å². The van der Waals surface area contributed by atoms with Gasteiger partial charge in [-0.05, 0) is 26.0 Å². The highest BCUT2D eigenvalue weighted by atomic mass is 32.1. The summed E-state index contributed by atoms with van der Waals surface area (Å²) < 4.78 is 11.0. The van der Waals surface area contributed by atoms with Gasteiger partial charge >= 0.3 is 0 Å². The number of nitrogens with one attached hydrogen (secondary N) is 1. The molecule has 0 aliphatic heterocycles. The summed E-state index contributed by atoms with van der Waals surface area (Å²) in [6.45, 7) is 8.03. The van der Waals surface area contributed by atoms with Crippen LogP contribution < -0.4 is 10.1 Å². The average Bonchev–Trinajstić information content (AvgIpc) is 3.21. The molecule has 0 radical (unpaired) electrons. The topological polar surface area (TPSA) is 90.1 Å².